The minimum absolute atomic E-state index is 0.0188. The van der Waals surface area contributed by atoms with Crippen LogP contribution in [-0.2, 0) is 14.3 Å². The molecule has 1 aliphatic rings. The lowest BCUT2D eigenvalue weighted by atomic mass is 10.1. The van der Waals surface area contributed by atoms with Gasteiger partial charge in [-0.3, -0.25) is 9.59 Å². The third-order valence-corrected chi connectivity index (χ3v) is 5.09. The molecule has 0 spiro atoms. The molecule has 3 aromatic rings. The summed E-state index contributed by atoms with van der Waals surface area (Å²) < 4.78 is 6.53. The molecule has 8 heteroatoms. The number of nitrogens with one attached hydrogen (secondary N) is 2. The first-order valence-electron chi connectivity index (χ1n) is 10.0. The number of nitrogens with zero attached hydrogens (tertiary/aromatic N) is 2. The maximum atomic E-state index is 13.0. The SMILES string of the molecule is CCOC(=O)c1ccc(NC(=O)[C@@H]2CC(=O)Nc3c(C)c(-c4ccccc4)nn32)cc1. The van der Waals surface area contributed by atoms with Crippen LogP contribution >= 0.6 is 0 Å². The van der Waals surface area contributed by atoms with Gasteiger partial charge >= 0.3 is 5.97 Å². The van der Waals surface area contributed by atoms with Crippen LogP contribution in [0.4, 0.5) is 11.5 Å². The third kappa shape index (κ3) is 4.05. The van der Waals surface area contributed by atoms with Crippen molar-refractivity contribution in [3.8, 4) is 11.3 Å². The van der Waals surface area contributed by atoms with Gasteiger partial charge in [-0.05, 0) is 38.1 Å². The van der Waals surface area contributed by atoms with Gasteiger partial charge in [0.15, 0.2) is 0 Å². The molecule has 0 radical (unpaired) electrons. The van der Waals surface area contributed by atoms with Crippen LogP contribution in [0.3, 0.4) is 0 Å². The smallest absolute Gasteiger partial charge is 0.338 e. The number of rotatable bonds is 5. The van der Waals surface area contributed by atoms with Crippen LogP contribution in [0.1, 0.15) is 35.3 Å². The molecule has 2 amide bonds. The topological polar surface area (TPSA) is 102 Å². The molecule has 2 aromatic carbocycles. The molecule has 1 aliphatic heterocycles. The summed E-state index contributed by atoms with van der Waals surface area (Å²) in [5.41, 5.74) is 3.34. The lowest BCUT2D eigenvalue weighted by Crippen LogP contribution is -2.35. The van der Waals surface area contributed by atoms with Gasteiger partial charge in [0, 0.05) is 16.8 Å². The van der Waals surface area contributed by atoms with Crippen molar-refractivity contribution < 1.29 is 19.1 Å². The van der Waals surface area contributed by atoms with Crippen molar-refractivity contribution in [2.45, 2.75) is 26.3 Å². The zero-order valence-corrected chi connectivity index (χ0v) is 17.2. The Hall–Kier alpha value is -3.94. The van der Waals surface area contributed by atoms with E-state index in [-0.39, 0.29) is 24.8 Å². The first-order valence-corrected chi connectivity index (χ1v) is 10.0. The Kier molecular flexibility index (Phi) is 5.53. The van der Waals surface area contributed by atoms with Crippen molar-refractivity contribution in [1.29, 1.82) is 0 Å². The van der Waals surface area contributed by atoms with Crippen molar-refractivity contribution in [3.05, 3.63) is 65.7 Å². The second-order valence-corrected chi connectivity index (χ2v) is 7.19. The highest BCUT2D eigenvalue weighted by Gasteiger charge is 2.34. The van der Waals surface area contributed by atoms with E-state index in [2.05, 4.69) is 15.7 Å². The van der Waals surface area contributed by atoms with E-state index >= 15 is 0 Å². The van der Waals surface area contributed by atoms with Gasteiger partial charge in [0.2, 0.25) is 11.8 Å². The fourth-order valence-corrected chi connectivity index (χ4v) is 3.54. The van der Waals surface area contributed by atoms with Gasteiger partial charge in [-0.2, -0.15) is 5.10 Å². The quantitative estimate of drug-likeness (QED) is 0.617. The van der Waals surface area contributed by atoms with Gasteiger partial charge in [0.1, 0.15) is 11.9 Å². The van der Waals surface area contributed by atoms with Crippen LogP contribution in [-0.4, -0.2) is 34.2 Å². The highest BCUT2D eigenvalue weighted by Crippen LogP contribution is 2.34. The van der Waals surface area contributed by atoms with Gasteiger partial charge in [-0.25, -0.2) is 9.48 Å². The molecule has 0 fully saturated rings. The predicted octanol–water partition coefficient (Wildman–Crippen LogP) is 3.56. The number of aromatic nitrogens is 2. The summed E-state index contributed by atoms with van der Waals surface area (Å²) in [6.07, 6.45) is -0.0188. The highest BCUT2D eigenvalue weighted by molar-refractivity contribution is 6.02. The van der Waals surface area contributed by atoms with E-state index in [1.165, 1.54) is 0 Å². The van der Waals surface area contributed by atoms with Crippen LogP contribution in [0, 0.1) is 6.92 Å². The number of carbonyl (C=O) groups excluding carboxylic acids is 3. The number of hydrogen-bond acceptors (Lipinski definition) is 5. The average molecular weight is 418 g/mol. The highest BCUT2D eigenvalue weighted by atomic mass is 16.5. The minimum Gasteiger partial charge on any atom is -0.462 e. The van der Waals surface area contributed by atoms with E-state index in [1.54, 1.807) is 35.9 Å². The van der Waals surface area contributed by atoms with Gasteiger partial charge < -0.3 is 15.4 Å². The fraction of sp³-hybridized carbons (Fsp3) is 0.217. The van der Waals surface area contributed by atoms with Crippen LogP contribution in [0.2, 0.25) is 0 Å². The molecule has 31 heavy (non-hydrogen) atoms. The molecule has 0 bridgehead atoms. The van der Waals surface area contributed by atoms with Crippen LogP contribution in [0.5, 0.6) is 0 Å². The Labute approximate surface area is 179 Å². The minimum atomic E-state index is -0.787. The van der Waals surface area contributed by atoms with Crippen molar-refractivity contribution in [2.24, 2.45) is 0 Å². The molecule has 4 rings (SSSR count). The third-order valence-electron chi connectivity index (χ3n) is 5.09. The number of benzene rings is 2. The summed E-state index contributed by atoms with van der Waals surface area (Å²) in [6.45, 7) is 3.90. The summed E-state index contributed by atoms with van der Waals surface area (Å²) >= 11 is 0. The molecule has 0 aliphatic carbocycles. The van der Waals surface area contributed by atoms with Gasteiger partial charge in [0.25, 0.3) is 0 Å². The molecule has 1 atom stereocenters. The predicted molar refractivity (Wildman–Crippen MR) is 116 cm³/mol. The first-order chi connectivity index (χ1) is 15.0. The Morgan fingerprint density at radius 1 is 1.16 bits per heavy atom. The molecular formula is C23H22N4O4. The van der Waals surface area contributed by atoms with E-state index < -0.39 is 12.0 Å². The summed E-state index contributed by atoms with van der Waals surface area (Å²) in [7, 11) is 0. The van der Waals surface area contributed by atoms with Crippen molar-refractivity contribution in [3.63, 3.8) is 0 Å². The van der Waals surface area contributed by atoms with E-state index in [1.807, 2.05) is 37.3 Å². The normalized spacial score (nSPS) is 15.0. The Bertz CT molecular complexity index is 1140. The second-order valence-electron chi connectivity index (χ2n) is 7.19. The van der Waals surface area contributed by atoms with Gasteiger partial charge in [0.05, 0.1) is 24.3 Å². The summed E-state index contributed by atoms with van der Waals surface area (Å²) in [6, 6.07) is 15.2. The van der Waals surface area contributed by atoms with Crippen LogP contribution < -0.4 is 10.6 Å². The first kappa shape index (κ1) is 20.3. The molecule has 2 heterocycles. The summed E-state index contributed by atoms with van der Waals surface area (Å²) in [4.78, 5) is 37.1. The number of ether oxygens (including phenoxy) is 1. The number of esters is 1. The standard InChI is InChI=1S/C23H22N4O4/c1-3-31-23(30)16-9-11-17(12-10-16)24-22(29)18-13-19(28)25-21-14(2)20(26-27(18)21)15-7-5-4-6-8-15/h4-12,18H,3,13H2,1-2H3,(H,24,29)(H,25,28)/t18-/m0/s1. The number of hydrogen-bond donors (Lipinski definition) is 2. The molecule has 0 unspecified atom stereocenters. The van der Waals surface area contributed by atoms with Crippen LogP contribution in [0.15, 0.2) is 54.6 Å². The molecule has 1 aromatic heterocycles. The molecule has 8 nitrogen and oxygen atoms in total. The van der Waals surface area contributed by atoms with E-state index in [4.69, 9.17) is 4.74 Å². The van der Waals surface area contributed by atoms with E-state index in [9.17, 15) is 14.4 Å². The number of anilines is 2. The molecular weight excluding hydrogens is 396 g/mol. The maximum Gasteiger partial charge on any atom is 0.338 e. The Morgan fingerprint density at radius 2 is 1.87 bits per heavy atom. The zero-order chi connectivity index (χ0) is 22.0. The zero-order valence-electron chi connectivity index (χ0n) is 17.2. The van der Waals surface area contributed by atoms with E-state index in [0.29, 0.717) is 17.1 Å². The summed E-state index contributed by atoms with van der Waals surface area (Å²) in [5, 5.41) is 10.3. The Balaban J connectivity index is 1.59. The molecule has 2 N–H and O–H groups in total. The maximum absolute atomic E-state index is 13.0. The number of fused-ring (bicyclic) bond motifs is 1. The number of amides is 2. The van der Waals surface area contributed by atoms with Gasteiger partial charge in [-0.1, -0.05) is 30.3 Å². The van der Waals surface area contributed by atoms with Crippen molar-refractivity contribution in [2.75, 3.05) is 17.2 Å². The van der Waals surface area contributed by atoms with Crippen molar-refractivity contribution in [1.82, 2.24) is 9.78 Å². The number of carbonyl (C=O) groups is 3. The monoisotopic (exact) mass is 418 g/mol. The average Bonchev–Trinajstić information content (AvgIpc) is 3.11. The fourth-order valence-electron chi connectivity index (χ4n) is 3.54. The van der Waals surface area contributed by atoms with Gasteiger partial charge in [-0.15, -0.1) is 0 Å². The molecule has 0 saturated carbocycles. The summed E-state index contributed by atoms with van der Waals surface area (Å²) in [5.74, 6) is -0.502. The van der Waals surface area contributed by atoms with Crippen molar-refractivity contribution >= 4 is 29.3 Å². The Morgan fingerprint density at radius 3 is 2.55 bits per heavy atom. The van der Waals surface area contributed by atoms with E-state index in [0.717, 1.165) is 16.8 Å². The molecule has 0 saturated heterocycles. The second kappa shape index (κ2) is 8.43. The largest absolute Gasteiger partial charge is 0.462 e. The van der Waals surface area contributed by atoms with Crippen LogP contribution in [0.25, 0.3) is 11.3 Å². The lowest BCUT2D eigenvalue weighted by Gasteiger charge is -2.24. The lowest BCUT2D eigenvalue weighted by molar-refractivity contribution is -0.125. The molecule has 158 valence electrons.